The Morgan fingerprint density at radius 1 is 1.44 bits per heavy atom. The Bertz CT molecular complexity index is 378. The molecule has 0 saturated carbocycles. The molecule has 0 N–H and O–H groups in total. The van der Waals surface area contributed by atoms with E-state index in [0.717, 1.165) is 12.4 Å². The van der Waals surface area contributed by atoms with E-state index >= 15 is 0 Å². The van der Waals surface area contributed by atoms with Gasteiger partial charge < -0.3 is 9.47 Å². The molecule has 0 bridgehead atoms. The molecule has 1 aromatic carbocycles. The summed E-state index contributed by atoms with van der Waals surface area (Å²) in [6, 6.07) is 6.41. The fourth-order valence-electron chi connectivity index (χ4n) is 1.68. The van der Waals surface area contributed by atoms with E-state index in [1.807, 2.05) is 0 Å². The third-order valence-corrected chi connectivity index (χ3v) is 2.96. The predicted molar refractivity (Wildman–Crippen MR) is 65.1 cm³/mol. The zero-order valence-electron chi connectivity index (χ0n) is 10.5. The molecule has 1 saturated heterocycles. The molecule has 1 heterocycles. The summed E-state index contributed by atoms with van der Waals surface area (Å²) in [6.07, 6.45) is 0. The third-order valence-electron chi connectivity index (χ3n) is 2.96. The van der Waals surface area contributed by atoms with Crippen LogP contribution in [0.3, 0.4) is 0 Å². The molecule has 0 aliphatic carbocycles. The van der Waals surface area contributed by atoms with E-state index < -0.39 is 0 Å². The molecule has 88 valence electrons. The lowest BCUT2D eigenvalue weighted by Crippen LogP contribution is -2.17. The van der Waals surface area contributed by atoms with Crippen LogP contribution in [-0.4, -0.2) is 18.8 Å². The van der Waals surface area contributed by atoms with Gasteiger partial charge in [0.2, 0.25) is 0 Å². The highest BCUT2D eigenvalue weighted by Crippen LogP contribution is 2.31. The third kappa shape index (κ3) is 2.56. The fourth-order valence-corrected chi connectivity index (χ4v) is 1.68. The molecule has 2 rings (SSSR count). The summed E-state index contributed by atoms with van der Waals surface area (Å²) in [5.41, 5.74) is 2.47. The van der Waals surface area contributed by atoms with Gasteiger partial charge >= 0.3 is 0 Å². The Kier molecular flexibility index (Phi) is 2.94. The van der Waals surface area contributed by atoms with Crippen molar-refractivity contribution in [3.8, 4) is 5.75 Å². The smallest absolute Gasteiger partial charge is 0.123 e. The SMILES string of the molecule is Cc1ccc(C(C)C)c(OCC2(C)CO2)c1. The van der Waals surface area contributed by atoms with E-state index in [1.54, 1.807) is 0 Å². The second kappa shape index (κ2) is 4.10. The molecule has 1 atom stereocenters. The zero-order valence-corrected chi connectivity index (χ0v) is 10.5. The van der Waals surface area contributed by atoms with Crippen molar-refractivity contribution < 1.29 is 9.47 Å². The van der Waals surface area contributed by atoms with Gasteiger partial charge in [0.05, 0.1) is 6.61 Å². The quantitative estimate of drug-likeness (QED) is 0.726. The van der Waals surface area contributed by atoms with Crippen molar-refractivity contribution in [3.63, 3.8) is 0 Å². The Labute approximate surface area is 97.6 Å². The standard InChI is InChI=1S/C14H20O2/c1-10(2)12-6-5-11(3)7-13(12)15-8-14(4)9-16-14/h5-7,10H,8-9H2,1-4H3. The zero-order chi connectivity index (χ0) is 11.8. The minimum absolute atomic E-state index is 0.0437. The van der Waals surface area contributed by atoms with Gasteiger partial charge in [-0.1, -0.05) is 26.0 Å². The summed E-state index contributed by atoms with van der Waals surface area (Å²) in [5.74, 6) is 1.50. The second-order valence-electron chi connectivity index (χ2n) is 5.22. The normalized spacial score (nSPS) is 23.6. The molecule has 2 nitrogen and oxygen atoms in total. The lowest BCUT2D eigenvalue weighted by atomic mass is 10.0. The molecule has 0 radical (unpaired) electrons. The first-order chi connectivity index (χ1) is 7.50. The molecule has 0 aromatic heterocycles. The minimum atomic E-state index is -0.0437. The number of benzene rings is 1. The first-order valence-electron chi connectivity index (χ1n) is 5.87. The van der Waals surface area contributed by atoms with Crippen LogP contribution in [0.5, 0.6) is 5.75 Å². The van der Waals surface area contributed by atoms with Crippen LogP contribution in [0.15, 0.2) is 18.2 Å². The van der Waals surface area contributed by atoms with Gasteiger partial charge in [-0.25, -0.2) is 0 Å². The van der Waals surface area contributed by atoms with Gasteiger partial charge in [-0.15, -0.1) is 0 Å². The lowest BCUT2D eigenvalue weighted by Gasteiger charge is -2.16. The second-order valence-corrected chi connectivity index (χ2v) is 5.22. The number of epoxide rings is 1. The Morgan fingerprint density at radius 3 is 2.69 bits per heavy atom. The maximum absolute atomic E-state index is 5.88. The Hall–Kier alpha value is -1.02. The Balaban J connectivity index is 2.13. The van der Waals surface area contributed by atoms with Gasteiger partial charge in [0, 0.05) is 0 Å². The van der Waals surface area contributed by atoms with Crippen molar-refractivity contribution in [1.82, 2.24) is 0 Å². The number of hydrogen-bond acceptors (Lipinski definition) is 2. The molecular formula is C14H20O2. The summed E-state index contributed by atoms with van der Waals surface area (Å²) < 4.78 is 11.2. The number of aryl methyl sites for hydroxylation is 1. The largest absolute Gasteiger partial charge is 0.490 e. The van der Waals surface area contributed by atoms with Gasteiger partial charge in [-0.2, -0.15) is 0 Å². The van der Waals surface area contributed by atoms with Crippen molar-refractivity contribution in [1.29, 1.82) is 0 Å². The molecule has 1 aliphatic rings. The van der Waals surface area contributed by atoms with Gasteiger partial charge in [0.15, 0.2) is 0 Å². The number of hydrogen-bond donors (Lipinski definition) is 0. The highest BCUT2D eigenvalue weighted by Gasteiger charge is 2.40. The molecule has 2 heteroatoms. The molecule has 1 aromatic rings. The van der Waals surface area contributed by atoms with Crippen molar-refractivity contribution in [2.24, 2.45) is 0 Å². The van der Waals surface area contributed by atoms with Crippen LogP contribution in [0.1, 0.15) is 37.8 Å². The summed E-state index contributed by atoms with van der Waals surface area (Å²) >= 11 is 0. The lowest BCUT2D eigenvalue weighted by molar-refractivity contribution is 0.201. The van der Waals surface area contributed by atoms with E-state index in [0.29, 0.717) is 12.5 Å². The molecular weight excluding hydrogens is 200 g/mol. The predicted octanol–water partition coefficient (Wildman–Crippen LogP) is 3.29. The van der Waals surface area contributed by atoms with E-state index in [1.165, 1.54) is 11.1 Å². The van der Waals surface area contributed by atoms with Crippen molar-refractivity contribution >= 4 is 0 Å². The maximum Gasteiger partial charge on any atom is 0.123 e. The summed E-state index contributed by atoms with van der Waals surface area (Å²) in [6.45, 7) is 10.0. The molecule has 0 amide bonds. The highest BCUT2D eigenvalue weighted by molar-refractivity contribution is 5.39. The minimum Gasteiger partial charge on any atom is -0.490 e. The van der Waals surface area contributed by atoms with E-state index in [-0.39, 0.29) is 5.60 Å². The molecule has 1 fully saturated rings. The van der Waals surface area contributed by atoms with Crippen LogP contribution >= 0.6 is 0 Å². The summed E-state index contributed by atoms with van der Waals surface area (Å²) in [5, 5.41) is 0. The topological polar surface area (TPSA) is 21.8 Å². The van der Waals surface area contributed by atoms with Crippen LogP contribution in [0.25, 0.3) is 0 Å². The average molecular weight is 220 g/mol. The average Bonchev–Trinajstić information content (AvgIpc) is 2.94. The summed E-state index contributed by atoms with van der Waals surface area (Å²) in [4.78, 5) is 0. The van der Waals surface area contributed by atoms with Gasteiger partial charge in [0.1, 0.15) is 18.0 Å². The number of rotatable bonds is 4. The molecule has 16 heavy (non-hydrogen) atoms. The first-order valence-corrected chi connectivity index (χ1v) is 5.87. The van der Waals surface area contributed by atoms with Crippen LogP contribution in [-0.2, 0) is 4.74 Å². The van der Waals surface area contributed by atoms with Crippen molar-refractivity contribution in [2.75, 3.05) is 13.2 Å². The maximum atomic E-state index is 5.88. The molecule has 1 aliphatic heterocycles. The van der Waals surface area contributed by atoms with Crippen molar-refractivity contribution in [3.05, 3.63) is 29.3 Å². The highest BCUT2D eigenvalue weighted by atomic mass is 16.6. The van der Waals surface area contributed by atoms with Gasteiger partial charge in [0.25, 0.3) is 0 Å². The van der Waals surface area contributed by atoms with Gasteiger partial charge in [-0.3, -0.25) is 0 Å². The van der Waals surface area contributed by atoms with E-state index in [2.05, 4.69) is 45.9 Å². The molecule has 1 unspecified atom stereocenters. The van der Waals surface area contributed by atoms with Crippen LogP contribution in [0.2, 0.25) is 0 Å². The van der Waals surface area contributed by atoms with E-state index in [4.69, 9.17) is 9.47 Å². The Morgan fingerprint density at radius 2 is 2.12 bits per heavy atom. The molecule has 0 spiro atoms. The van der Waals surface area contributed by atoms with Crippen LogP contribution in [0.4, 0.5) is 0 Å². The van der Waals surface area contributed by atoms with Crippen LogP contribution < -0.4 is 4.74 Å². The van der Waals surface area contributed by atoms with Gasteiger partial charge in [-0.05, 0) is 37.0 Å². The van der Waals surface area contributed by atoms with Crippen molar-refractivity contribution in [2.45, 2.75) is 39.2 Å². The first kappa shape index (κ1) is 11.5. The fraction of sp³-hybridized carbons (Fsp3) is 0.571. The van der Waals surface area contributed by atoms with Crippen LogP contribution in [0, 0.1) is 6.92 Å². The monoisotopic (exact) mass is 220 g/mol. The number of ether oxygens (including phenoxy) is 2. The van der Waals surface area contributed by atoms with E-state index in [9.17, 15) is 0 Å². The summed E-state index contributed by atoms with van der Waals surface area (Å²) in [7, 11) is 0.